The number of nitrogens with zero attached hydrogens (tertiary/aromatic N) is 5. The van der Waals surface area contributed by atoms with E-state index in [1.165, 1.54) is 26.1 Å². The maximum atomic E-state index is 15.6. The smallest absolute Gasteiger partial charge is 0.249 e. The number of ketones is 1. The maximum absolute atomic E-state index is 15.6. The van der Waals surface area contributed by atoms with Crippen molar-refractivity contribution in [1.82, 2.24) is 30.1 Å². The Morgan fingerprint density at radius 2 is 1.68 bits per heavy atom. The summed E-state index contributed by atoms with van der Waals surface area (Å²) < 4.78 is 73.0. The standard InChI is InChI=1S/C44H46F3N9O6S/c1-25(2)63(61,62)53-35-8-7-33(45)39(40(35)47)41(59)32-23-50-42-31(32)20-27(22-49-42)30-4-3-13-48-43(30)56-18-16-55(17-19-56)38(58)24-54-14-11-26(12-15-54)29-6-5-28(21-34(29)46)51-36-9-10-37(57)52-44(36)60/h3-8,13,20-23,25-26,36,51,53H,9-12,14-19,24H2,1-2H3,(H,49,50)(H,52,57,60). The van der Waals surface area contributed by atoms with Crippen LogP contribution < -0.4 is 20.3 Å². The first-order valence-corrected chi connectivity index (χ1v) is 22.3. The minimum Gasteiger partial charge on any atom is -0.374 e. The monoisotopic (exact) mass is 885 g/mol. The highest BCUT2D eigenvalue weighted by atomic mass is 32.2. The van der Waals surface area contributed by atoms with Crippen LogP contribution in [0.1, 0.15) is 66.9 Å². The van der Waals surface area contributed by atoms with Gasteiger partial charge in [-0.3, -0.25) is 34.1 Å². The number of amides is 3. The number of sulfonamides is 1. The molecule has 6 heterocycles. The number of benzene rings is 2. The largest absolute Gasteiger partial charge is 0.374 e. The summed E-state index contributed by atoms with van der Waals surface area (Å²) in [6.45, 7) is 6.19. The van der Waals surface area contributed by atoms with Gasteiger partial charge in [0, 0.05) is 79.0 Å². The third-order valence-corrected chi connectivity index (χ3v) is 13.7. The molecule has 8 rings (SSSR count). The van der Waals surface area contributed by atoms with Crippen molar-refractivity contribution in [3.05, 3.63) is 101 Å². The average Bonchev–Trinajstić information content (AvgIpc) is 3.70. The van der Waals surface area contributed by atoms with Crippen LogP contribution >= 0.6 is 0 Å². The number of nitrogens with one attached hydrogen (secondary N) is 4. The molecule has 3 amide bonds. The van der Waals surface area contributed by atoms with E-state index in [0.29, 0.717) is 97.8 Å². The van der Waals surface area contributed by atoms with E-state index in [1.54, 1.807) is 36.7 Å². The van der Waals surface area contributed by atoms with Crippen LogP contribution in [0.4, 0.5) is 30.4 Å². The van der Waals surface area contributed by atoms with Gasteiger partial charge in [0.05, 0.1) is 23.0 Å². The Morgan fingerprint density at radius 3 is 2.40 bits per heavy atom. The number of piperazine rings is 1. The van der Waals surface area contributed by atoms with E-state index >= 15 is 13.2 Å². The summed E-state index contributed by atoms with van der Waals surface area (Å²) in [6.07, 6.45) is 6.49. The molecule has 2 aromatic carbocycles. The van der Waals surface area contributed by atoms with Crippen LogP contribution in [0, 0.1) is 17.5 Å². The van der Waals surface area contributed by atoms with Crippen LogP contribution in [0.25, 0.3) is 22.2 Å². The fraction of sp³-hybridized carbons (Fsp3) is 0.364. The third kappa shape index (κ3) is 9.11. The van der Waals surface area contributed by atoms with E-state index in [9.17, 15) is 27.6 Å². The van der Waals surface area contributed by atoms with Gasteiger partial charge in [-0.2, -0.15) is 0 Å². The molecule has 15 nitrogen and oxygen atoms in total. The first-order valence-electron chi connectivity index (χ1n) is 20.8. The van der Waals surface area contributed by atoms with Crippen molar-refractivity contribution in [1.29, 1.82) is 0 Å². The lowest BCUT2D eigenvalue weighted by Crippen LogP contribution is -2.52. The molecule has 3 fully saturated rings. The van der Waals surface area contributed by atoms with Crippen LogP contribution in [-0.4, -0.2) is 114 Å². The lowest BCUT2D eigenvalue weighted by Gasteiger charge is -2.38. The molecule has 330 valence electrons. The lowest BCUT2D eigenvalue weighted by molar-refractivity contribution is -0.134. The molecule has 4 N–H and O–H groups in total. The van der Waals surface area contributed by atoms with E-state index in [2.05, 4.69) is 40.1 Å². The minimum absolute atomic E-state index is 0.000513. The van der Waals surface area contributed by atoms with Crippen molar-refractivity contribution in [3.63, 3.8) is 0 Å². The molecule has 0 radical (unpaired) electrons. The number of aromatic nitrogens is 3. The number of halogens is 3. The van der Waals surface area contributed by atoms with Crippen molar-refractivity contribution >= 4 is 61.8 Å². The zero-order valence-electron chi connectivity index (χ0n) is 34.6. The van der Waals surface area contributed by atoms with Crippen LogP contribution in [-0.2, 0) is 24.4 Å². The van der Waals surface area contributed by atoms with Crippen LogP contribution in [0.3, 0.4) is 0 Å². The topological polar surface area (TPSA) is 190 Å². The number of piperidine rings is 2. The SMILES string of the molecule is CC(C)S(=O)(=O)Nc1ccc(F)c(C(=O)c2c[nH]c3ncc(-c4cccnc4N4CCN(C(=O)CN5CCC(c6ccc(NC7CCC(=O)NC7=O)cc6F)CC5)CC4)cc23)c1F. The Balaban J connectivity index is 0.885. The molecule has 3 aliphatic rings. The van der Waals surface area contributed by atoms with Crippen molar-refractivity contribution in [2.45, 2.75) is 56.7 Å². The predicted molar refractivity (Wildman–Crippen MR) is 230 cm³/mol. The second kappa shape index (κ2) is 17.8. The number of pyridine rings is 2. The van der Waals surface area contributed by atoms with Crippen molar-refractivity contribution in [3.8, 4) is 11.1 Å². The Kier molecular flexibility index (Phi) is 12.2. The minimum atomic E-state index is -3.99. The fourth-order valence-corrected chi connectivity index (χ4v) is 9.00. The van der Waals surface area contributed by atoms with Gasteiger partial charge in [0.2, 0.25) is 33.5 Å². The first-order chi connectivity index (χ1) is 30.2. The third-order valence-electron chi connectivity index (χ3n) is 12.0. The van der Waals surface area contributed by atoms with Gasteiger partial charge in [0.1, 0.15) is 29.1 Å². The predicted octanol–water partition coefficient (Wildman–Crippen LogP) is 5.17. The molecule has 3 saturated heterocycles. The molecule has 19 heteroatoms. The number of fused-ring (bicyclic) bond motifs is 1. The van der Waals surface area contributed by atoms with E-state index in [0.717, 1.165) is 12.1 Å². The molecule has 0 bridgehead atoms. The van der Waals surface area contributed by atoms with Gasteiger partial charge in [-0.05, 0) is 100 Å². The number of likely N-dealkylation sites (tertiary alicyclic amines) is 1. The average molecular weight is 886 g/mol. The molecule has 1 atom stereocenters. The van der Waals surface area contributed by atoms with Gasteiger partial charge in [-0.15, -0.1) is 0 Å². The van der Waals surface area contributed by atoms with Gasteiger partial charge in [-0.25, -0.2) is 31.6 Å². The number of carbonyl (C=O) groups is 4. The van der Waals surface area contributed by atoms with Crippen molar-refractivity contribution in [2.75, 3.05) is 60.8 Å². The number of H-pyrrole nitrogens is 1. The summed E-state index contributed by atoms with van der Waals surface area (Å²) in [4.78, 5) is 68.9. The molecule has 0 aliphatic carbocycles. The van der Waals surface area contributed by atoms with Gasteiger partial charge >= 0.3 is 0 Å². The molecule has 3 aromatic heterocycles. The Hall–Kier alpha value is -6.34. The zero-order valence-corrected chi connectivity index (χ0v) is 35.4. The molecule has 0 spiro atoms. The molecule has 5 aromatic rings. The Labute approximate surface area is 361 Å². The number of aromatic amines is 1. The highest BCUT2D eigenvalue weighted by molar-refractivity contribution is 7.93. The number of rotatable bonds is 12. The number of anilines is 3. The van der Waals surface area contributed by atoms with Crippen molar-refractivity contribution < 1.29 is 40.8 Å². The van der Waals surface area contributed by atoms with E-state index < -0.39 is 55.9 Å². The number of imide groups is 1. The summed E-state index contributed by atoms with van der Waals surface area (Å²) in [5.41, 5.74) is 1.12. The molecular weight excluding hydrogens is 840 g/mol. The zero-order chi connectivity index (χ0) is 44.6. The second-order valence-corrected chi connectivity index (χ2v) is 18.5. The number of carbonyl (C=O) groups excluding carboxylic acids is 4. The Morgan fingerprint density at radius 1 is 0.921 bits per heavy atom. The summed E-state index contributed by atoms with van der Waals surface area (Å²) in [7, 11) is -3.99. The molecule has 0 saturated carbocycles. The lowest BCUT2D eigenvalue weighted by atomic mass is 9.89. The number of hydrogen-bond donors (Lipinski definition) is 4. The summed E-state index contributed by atoms with van der Waals surface area (Å²) in [5, 5.41) is 4.70. The van der Waals surface area contributed by atoms with Crippen LogP contribution in [0.5, 0.6) is 0 Å². The molecule has 3 aliphatic heterocycles. The van der Waals surface area contributed by atoms with Crippen molar-refractivity contribution in [2.24, 2.45) is 0 Å². The highest BCUT2D eigenvalue weighted by Gasteiger charge is 2.31. The Bertz CT molecular complexity index is 2710. The van der Waals surface area contributed by atoms with Crippen LogP contribution in [0.15, 0.2) is 67.1 Å². The van der Waals surface area contributed by atoms with Gasteiger partial charge in [0.15, 0.2) is 5.82 Å². The summed E-state index contributed by atoms with van der Waals surface area (Å²) in [6, 6.07) is 11.3. The van der Waals surface area contributed by atoms with Crippen LogP contribution in [0.2, 0.25) is 0 Å². The number of hydrogen-bond acceptors (Lipinski definition) is 11. The first kappa shape index (κ1) is 43.3. The van der Waals surface area contributed by atoms with E-state index in [4.69, 9.17) is 0 Å². The van der Waals surface area contributed by atoms with Gasteiger partial charge in [-0.1, -0.05) is 6.07 Å². The van der Waals surface area contributed by atoms with E-state index in [-0.39, 0.29) is 42.1 Å². The molecular formula is C44H46F3N9O6S. The fourth-order valence-electron chi connectivity index (χ4n) is 8.30. The quantitative estimate of drug-likeness (QED) is 0.0956. The maximum Gasteiger partial charge on any atom is 0.249 e. The second-order valence-electron chi connectivity index (χ2n) is 16.3. The van der Waals surface area contributed by atoms with Gasteiger partial charge in [0.25, 0.3) is 0 Å². The highest BCUT2D eigenvalue weighted by Crippen LogP contribution is 2.35. The molecule has 63 heavy (non-hydrogen) atoms. The molecule has 1 unspecified atom stereocenters. The van der Waals surface area contributed by atoms with Gasteiger partial charge < -0.3 is 20.1 Å². The summed E-state index contributed by atoms with van der Waals surface area (Å²) >= 11 is 0. The van der Waals surface area contributed by atoms with E-state index in [1.807, 2.05) is 11.0 Å². The summed E-state index contributed by atoms with van der Waals surface area (Å²) in [5.74, 6) is -3.97. The normalized spacial score (nSPS) is 17.9.